The molecule has 0 spiro atoms. The Morgan fingerprint density at radius 3 is 2.58 bits per heavy atom. The predicted molar refractivity (Wildman–Crippen MR) is 51.6 cm³/mol. The largest absolute Gasteiger partial charge is 0.369 e. The minimum Gasteiger partial charge on any atom is -0.369 e. The summed E-state index contributed by atoms with van der Waals surface area (Å²) < 4.78 is 0. The number of hydrogen-bond donors (Lipinski definition) is 1. The predicted octanol–water partition coefficient (Wildman–Crippen LogP) is 2.24. The summed E-state index contributed by atoms with van der Waals surface area (Å²) in [7, 11) is 0. The van der Waals surface area contributed by atoms with E-state index in [0.29, 0.717) is 0 Å². The lowest BCUT2D eigenvalue weighted by Gasteiger charge is -2.06. The molecule has 0 aliphatic rings. The SMILES string of the molecule is C=CC(CCCCCC)C(N)=O. The maximum atomic E-state index is 10.7. The molecule has 1 amide bonds. The second-order valence-electron chi connectivity index (χ2n) is 3.09. The number of hydrogen-bond acceptors (Lipinski definition) is 1. The molecule has 70 valence electrons. The molecule has 0 aromatic carbocycles. The van der Waals surface area contributed by atoms with Gasteiger partial charge in [-0.15, -0.1) is 6.58 Å². The van der Waals surface area contributed by atoms with Crippen LogP contribution in [0, 0.1) is 5.92 Å². The first-order chi connectivity index (χ1) is 5.72. The van der Waals surface area contributed by atoms with Crippen molar-refractivity contribution in [1.29, 1.82) is 0 Å². The van der Waals surface area contributed by atoms with E-state index < -0.39 is 0 Å². The highest BCUT2D eigenvalue weighted by atomic mass is 16.1. The van der Waals surface area contributed by atoms with Gasteiger partial charge < -0.3 is 5.73 Å². The van der Waals surface area contributed by atoms with E-state index in [-0.39, 0.29) is 11.8 Å². The van der Waals surface area contributed by atoms with Crippen LogP contribution in [0.2, 0.25) is 0 Å². The quantitative estimate of drug-likeness (QED) is 0.461. The molecular formula is C10H19NO. The first-order valence-corrected chi connectivity index (χ1v) is 4.64. The van der Waals surface area contributed by atoms with Crippen LogP contribution in [-0.4, -0.2) is 5.91 Å². The average Bonchev–Trinajstić information content (AvgIpc) is 2.04. The minimum absolute atomic E-state index is 0.123. The summed E-state index contributed by atoms with van der Waals surface area (Å²) in [6, 6.07) is 0. The van der Waals surface area contributed by atoms with Crippen LogP contribution in [0.4, 0.5) is 0 Å². The topological polar surface area (TPSA) is 43.1 Å². The molecule has 2 N–H and O–H groups in total. The number of nitrogens with two attached hydrogens (primary N) is 1. The fraction of sp³-hybridized carbons (Fsp3) is 0.700. The van der Waals surface area contributed by atoms with Crippen molar-refractivity contribution in [3.8, 4) is 0 Å². The smallest absolute Gasteiger partial charge is 0.224 e. The molecule has 0 saturated heterocycles. The van der Waals surface area contributed by atoms with Crippen molar-refractivity contribution in [1.82, 2.24) is 0 Å². The highest BCUT2D eigenvalue weighted by molar-refractivity contribution is 5.78. The first-order valence-electron chi connectivity index (χ1n) is 4.64. The Morgan fingerprint density at radius 1 is 1.50 bits per heavy atom. The van der Waals surface area contributed by atoms with Crippen LogP contribution < -0.4 is 5.73 Å². The third-order valence-corrected chi connectivity index (χ3v) is 2.02. The zero-order chi connectivity index (χ0) is 9.40. The van der Waals surface area contributed by atoms with Gasteiger partial charge in [-0.3, -0.25) is 4.79 Å². The van der Waals surface area contributed by atoms with Gasteiger partial charge in [0.15, 0.2) is 0 Å². The molecular weight excluding hydrogens is 150 g/mol. The zero-order valence-electron chi connectivity index (χ0n) is 7.88. The number of carbonyl (C=O) groups excluding carboxylic acids is 1. The van der Waals surface area contributed by atoms with Crippen molar-refractivity contribution in [3.63, 3.8) is 0 Å². The van der Waals surface area contributed by atoms with E-state index in [2.05, 4.69) is 13.5 Å². The van der Waals surface area contributed by atoms with E-state index in [1.54, 1.807) is 6.08 Å². The number of unbranched alkanes of at least 4 members (excludes halogenated alkanes) is 3. The standard InChI is InChI=1S/C10H19NO/c1-3-5-6-7-8-9(4-2)10(11)12/h4,9H,2-3,5-8H2,1H3,(H2,11,12). The van der Waals surface area contributed by atoms with Gasteiger partial charge in [0, 0.05) is 0 Å². The summed E-state index contributed by atoms with van der Waals surface area (Å²) in [6.45, 7) is 5.75. The number of carbonyl (C=O) groups is 1. The Labute approximate surface area is 74.8 Å². The van der Waals surface area contributed by atoms with Crippen LogP contribution in [0.25, 0.3) is 0 Å². The summed E-state index contributed by atoms with van der Waals surface area (Å²) in [6.07, 6.45) is 7.23. The Morgan fingerprint density at radius 2 is 2.17 bits per heavy atom. The van der Waals surface area contributed by atoms with Gasteiger partial charge in [-0.25, -0.2) is 0 Å². The third-order valence-electron chi connectivity index (χ3n) is 2.02. The monoisotopic (exact) mass is 169 g/mol. The zero-order valence-corrected chi connectivity index (χ0v) is 7.88. The first kappa shape index (κ1) is 11.2. The molecule has 0 aliphatic heterocycles. The average molecular weight is 169 g/mol. The van der Waals surface area contributed by atoms with Gasteiger partial charge in [-0.1, -0.05) is 38.7 Å². The van der Waals surface area contributed by atoms with E-state index in [1.807, 2.05) is 0 Å². The number of primary amides is 1. The Bertz CT molecular complexity index is 143. The van der Waals surface area contributed by atoms with Crippen molar-refractivity contribution < 1.29 is 4.79 Å². The van der Waals surface area contributed by atoms with E-state index >= 15 is 0 Å². The molecule has 0 aliphatic carbocycles. The van der Waals surface area contributed by atoms with Crippen molar-refractivity contribution in [2.45, 2.75) is 39.0 Å². The molecule has 0 fully saturated rings. The van der Waals surface area contributed by atoms with Gasteiger partial charge in [0.2, 0.25) is 5.91 Å². The molecule has 1 unspecified atom stereocenters. The normalized spacial score (nSPS) is 12.4. The van der Waals surface area contributed by atoms with E-state index in [0.717, 1.165) is 12.8 Å². The molecule has 1 atom stereocenters. The van der Waals surface area contributed by atoms with Crippen molar-refractivity contribution >= 4 is 5.91 Å². The molecule has 0 aromatic heterocycles. The number of amides is 1. The Kier molecular flexibility index (Phi) is 6.44. The molecule has 0 heterocycles. The Hall–Kier alpha value is -0.790. The summed E-state index contributed by atoms with van der Waals surface area (Å²) in [4.78, 5) is 10.7. The molecule has 0 rings (SSSR count). The van der Waals surface area contributed by atoms with E-state index in [4.69, 9.17) is 5.73 Å². The van der Waals surface area contributed by atoms with Gasteiger partial charge >= 0.3 is 0 Å². The lowest BCUT2D eigenvalue weighted by Crippen LogP contribution is -2.21. The van der Waals surface area contributed by atoms with Gasteiger partial charge in [-0.05, 0) is 6.42 Å². The van der Waals surface area contributed by atoms with Crippen LogP contribution in [-0.2, 0) is 4.79 Å². The van der Waals surface area contributed by atoms with Gasteiger partial charge in [0.05, 0.1) is 5.92 Å². The minimum atomic E-state index is -0.249. The van der Waals surface area contributed by atoms with Crippen molar-refractivity contribution in [2.75, 3.05) is 0 Å². The summed E-state index contributed by atoms with van der Waals surface area (Å²) in [5.74, 6) is -0.372. The second-order valence-corrected chi connectivity index (χ2v) is 3.09. The lowest BCUT2D eigenvalue weighted by molar-refractivity contribution is -0.120. The van der Waals surface area contributed by atoms with E-state index in [1.165, 1.54) is 19.3 Å². The van der Waals surface area contributed by atoms with E-state index in [9.17, 15) is 4.79 Å². The molecule has 0 saturated carbocycles. The molecule has 12 heavy (non-hydrogen) atoms. The van der Waals surface area contributed by atoms with Crippen molar-refractivity contribution in [3.05, 3.63) is 12.7 Å². The molecule has 0 aromatic rings. The highest BCUT2D eigenvalue weighted by Crippen LogP contribution is 2.11. The molecule has 0 radical (unpaired) electrons. The summed E-state index contributed by atoms with van der Waals surface area (Å²) >= 11 is 0. The summed E-state index contributed by atoms with van der Waals surface area (Å²) in [5.41, 5.74) is 5.15. The fourth-order valence-corrected chi connectivity index (χ4v) is 1.17. The molecule has 2 heteroatoms. The van der Waals surface area contributed by atoms with Gasteiger partial charge in [-0.2, -0.15) is 0 Å². The summed E-state index contributed by atoms with van der Waals surface area (Å²) in [5, 5.41) is 0. The second kappa shape index (κ2) is 6.89. The number of rotatable bonds is 7. The fourth-order valence-electron chi connectivity index (χ4n) is 1.17. The van der Waals surface area contributed by atoms with Crippen molar-refractivity contribution in [2.24, 2.45) is 11.7 Å². The third kappa shape index (κ3) is 4.94. The van der Waals surface area contributed by atoms with Gasteiger partial charge in [0.1, 0.15) is 0 Å². The maximum absolute atomic E-state index is 10.7. The maximum Gasteiger partial charge on any atom is 0.224 e. The highest BCUT2D eigenvalue weighted by Gasteiger charge is 2.09. The lowest BCUT2D eigenvalue weighted by atomic mass is 10.0. The van der Waals surface area contributed by atoms with Gasteiger partial charge in [0.25, 0.3) is 0 Å². The Balaban J connectivity index is 3.45. The molecule has 2 nitrogen and oxygen atoms in total. The molecule has 0 bridgehead atoms. The van der Waals surface area contributed by atoms with Crippen LogP contribution in [0.5, 0.6) is 0 Å². The van der Waals surface area contributed by atoms with Crippen LogP contribution in [0.15, 0.2) is 12.7 Å². The van der Waals surface area contributed by atoms with Crippen LogP contribution >= 0.6 is 0 Å². The van der Waals surface area contributed by atoms with Crippen LogP contribution in [0.1, 0.15) is 39.0 Å². The van der Waals surface area contributed by atoms with Crippen LogP contribution in [0.3, 0.4) is 0 Å².